The van der Waals surface area contributed by atoms with Crippen LogP contribution in [0.3, 0.4) is 0 Å². The standard InChI is InChI=1S/C7H7N3.H2/c1-5-2-6-3-8-9-4-7(6)10-5;/h2-4,10H,1H3;1H. The van der Waals surface area contributed by atoms with Crippen molar-refractivity contribution in [1.82, 2.24) is 15.2 Å². The van der Waals surface area contributed by atoms with Gasteiger partial charge in [0.15, 0.2) is 0 Å². The highest BCUT2D eigenvalue weighted by Gasteiger charge is 1.94. The van der Waals surface area contributed by atoms with Gasteiger partial charge in [-0.1, -0.05) is 0 Å². The minimum absolute atomic E-state index is 0. The zero-order valence-corrected chi connectivity index (χ0v) is 5.63. The lowest BCUT2D eigenvalue weighted by atomic mass is 10.3. The van der Waals surface area contributed by atoms with Crippen molar-refractivity contribution in [1.29, 1.82) is 0 Å². The van der Waals surface area contributed by atoms with Gasteiger partial charge in [-0.3, -0.25) is 0 Å². The highest BCUT2D eigenvalue weighted by atomic mass is 15.1. The summed E-state index contributed by atoms with van der Waals surface area (Å²) in [5, 5.41) is 8.62. The van der Waals surface area contributed by atoms with Gasteiger partial charge in [0.1, 0.15) is 0 Å². The van der Waals surface area contributed by atoms with Gasteiger partial charge in [0.2, 0.25) is 0 Å². The highest BCUT2D eigenvalue weighted by molar-refractivity contribution is 5.78. The fraction of sp³-hybridized carbons (Fsp3) is 0.143. The average molecular weight is 135 g/mol. The van der Waals surface area contributed by atoms with Crippen molar-refractivity contribution >= 4 is 10.9 Å². The van der Waals surface area contributed by atoms with Gasteiger partial charge >= 0.3 is 0 Å². The van der Waals surface area contributed by atoms with Gasteiger partial charge in [-0.15, -0.1) is 0 Å². The van der Waals surface area contributed by atoms with E-state index in [1.165, 1.54) is 0 Å². The summed E-state index contributed by atoms with van der Waals surface area (Å²) in [5.41, 5.74) is 2.19. The lowest BCUT2D eigenvalue weighted by Gasteiger charge is -1.81. The Hall–Kier alpha value is -1.38. The van der Waals surface area contributed by atoms with E-state index < -0.39 is 0 Å². The molecule has 3 nitrogen and oxygen atoms in total. The number of hydrogen-bond acceptors (Lipinski definition) is 2. The Morgan fingerprint density at radius 1 is 1.40 bits per heavy atom. The summed E-state index contributed by atoms with van der Waals surface area (Å²) in [7, 11) is 0. The average Bonchev–Trinajstić information content (AvgIpc) is 2.27. The Balaban J connectivity index is 0.000000605. The first-order valence-corrected chi connectivity index (χ1v) is 3.12. The Labute approximate surface area is 59.6 Å². The fourth-order valence-corrected chi connectivity index (χ4v) is 1.03. The van der Waals surface area contributed by atoms with Gasteiger partial charge in [-0.25, -0.2) is 0 Å². The van der Waals surface area contributed by atoms with Crippen molar-refractivity contribution in [3.05, 3.63) is 24.2 Å². The molecule has 0 amide bonds. The first-order valence-electron chi connectivity index (χ1n) is 3.12. The number of aromatic nitrogens is 3. The predicted octanol–water partition coefficient (Wildman–Crippen LogP) is 1.51. The van der Waals surface area contributed by atoms with Gasteiger partial charge < -0.3 is 4.98 Å². The summed E-state index contributed by atoms with van der Waals surface area (Å²) in [4.78, 5) is 3.16. The van der Waals surface area contributed by atoms with Crippen LogP contribution in [0, 0.1) is 6.92 Å². The van der Waals surface area contributed by atoms with Crippen molar-refractivity contribution in [2.24, 2.45) is 0 Å². The maximum Gasteiger partial charge on any atom is 0.0737 e. The molecule has 2 rings (SSSR count). The molecule has 1 N–H and O–H groups in total. The molecule has 3 heteroatoms. The van der Waals surface area contributed by atoms with E-state index in [9.17, 15) is 0 Å². The number of aromatic amines is 1. The van der Waals surface area contributed by atoms with E-state index in [0.717, 1.165) is 16.6 Å². The largest absolute Gasteiger partial charge is 0.357 e. The molecular formula is C7H9N3. The van der Waals surface area contributed by atoms with E-state index in [2.05, 4.69) is 15.2 Å². The van der Waals surface area contributed by atoms with Crippen LogP contribution < -0.4 is 0 Å². The molecule has 2 heterocycles. The third-order valence-electron chi connectivity index (χ3n) is 1.47. The third-order valence-corrected chi connectivity index (χ3v) is 1.47. The summed E-state index contributed by atoms with van der Waals surface area (Å²) in [6, 6.07) is 2.05. The molecule has 0 unspecified atom stereocenters. The number of aryl methyl sites for hydroxylation is 1. The number of hydrogen-bond donors (Lipinski definition) is 1. The van der Waals surface area contributed by atoms with Crippen LogP contribution in [0.15, 0.2) is 18.5 Å². The molecule has 0 radical (unpaired) electrons. The fourth-order valence-electron chi connectivity index (χ4n) is 1.03. The smallest absolute Gasteiger partial charge is 0.0737 e. The van der Waals surface area contributed by atoms with Crippen LogP contribution in [0.5, 0.6) is 0 Å². The molecule has 2 aromatic heterocycles. The van der Waals surface area contributed by atoms with Crippen LogP contribution in [0.4, 0.5) is 0 Å². The van der Waals surface area contributed by atoms with Crippen molar-refractivity contribution in [2.45, 2.75) is 6.92 Å². The number of fused-ring (bicyclic) bond motifs is 1. The number of H-pyrrole nitrogens is 1. The van der Waals surface area contributed by atoms with Gasteiger partial charge in [0, 0.05) is 12.5 Å². The monoisotopic (exact) mass is 135 g/mol. The second kappa shape index (κ2) is 1.80. The molecule has 0 aliphatic heterocycles. The summed E-state index contributed by atoms with van der Waals surface area (Å²) < 4.78 is 0. The van der Waals surface area contributed by atoms with Crippen LogP contribution in [-0.2, 0) is 0 Å². The zero-order chi connectivity index (χ0) is 6.97. The quantitative estimate of drug-likeness (QED) is 0.595. The van der Waals surface area contributed by atoms with E-state index in [0.29, 0.717) is 0 Å². The summed E-state index contributed by atoms with van der Waals surface area (Å²) in [6.07, 6.45) is 3.47. The van der Waals surface area contributed by atoms with Crippen molar-refractivity contribution in [3.63, 3.8) is 0 Å². The maximum absolute atomic E-state index is 3.76. The van der Waals surface area contributed by atoms with Gasteiger partial charge in [0.05, 0.1) is 17.9 Å². The molecule has 2 aromatic rings. The van der Waals surface area contributed by atoms with Gasteiger partial charge in [-0.2, -0.15) is 10.2 Å². The lowest BCUT2D eigenvalue weighted by molar-refractivity contribution is 1.05. The first-order chi connectivity index (χ1) is 4.86. The van der Waals surface area contributed by atoms with Gasteiger partial charge in [-0.05, 0) is 13.0 Å². The van der Waals surface area contributed by atoms with Gasteiger partial charge in [0.25, 0.3) is 0 Å². The topological polar surface area (TPSA) is 41.6 Å². The van der Waals surface area contributed by atoms with Crippen LogP contribution in [0.2, 0.25) is 0 Å². The molecule has 0 saturated carbocycles. The molecule has 0 aromatic carbocycles. The molecule has 0 aliphatic carbocycles. The lowest BCUT2D eigenvalue weighted by Crippen LogP contribution is -1.76. The van der Waals surface area contributed by atoms with Crippen LogP contribution in [0.25, 0.3) is 10.9 Å². The van der Waals surface area contributed by atoms with Crippen molar-refractivity contribution < 1.29 is 1.43 Å². The molecule has 0 atom stereocenters. The van der Waals surface area contributed by atoms with E-state index in [1.54, 1.807) is 12.4 Å². The minimum atomic E-state index is 0. The Bertz CT molecular complexity index is 322. The number of nitrogens with zero attached hydrogens (tertiary/aromatic N) is 2. The number of nitrogens with one attached hydrogen (secondary N) is 1. The molecule has 0 saturated heterocycles. The second-order valence-electron chi connectivity index (χ2n) is 2.31. The van der Waals surface area contributed by atoms with E-state index >= 15 is 0 Å². The molecular weight excluding hydrogens is 126 g/mol. The van der Waals surface area contributed by atoms with E-state index in [4.69, 9.17) is 0 Å². The van der Waals surface area contributed by atoms with E-state index in [1.807, 2.05) is 13.0 Å². The maximum atomic E-state index is 3.76. The molecule has 0 aliphatic rings. The molecule has 0 bridgehead atoms. The van der Waals surface area contributed by atoms with Crippen molar-refractivity contribution in [2.75, 3.05) is 0 Å². The molecule has 52 valence electrons. The first kappa shape index (κ1) is 5.41. The highest BCUT2D eigenvalue weighted by Crippen LogP contribution is 2.10. The Morgan fingerprint density at radius 2 is 2.20 bits per heavy atom. The van der Waals surface area contributed by atoms with Crippen LogP contribution >= 0.6 is 0 Å². The summed E-state index contributed by atoms with van der Waals surface area (Å²) in [6.45, 7) is 2.01. The Kier molecular flexibility index (Phi) is 0.974. The SMILES string of the molecule is Cc1cc2cnncc2[nH]1.[HH]. The second-order valence-corrected chi connectivity index (χ2v) is 2.31. The summed E-state index contributed by atoms with van der Waals surface area (Å²) >= 11 is 0. The number of rotatable bonds is 0. The summed E-state index contributed by atoms with van der Waals surface area (Å²) in [5.74, 6) is 0. The zero-order valence-electron chi connectivity index (χ0n) is 5.63. The molecule has 0 spiro atoms. The van der Waals surface area contributed by atoms with E-state index in [-0.39, 0.29) is 1.43 Å². The van der Waals surface area contributed by atoms with Crippen LogP contribution in [-0.4, -0.2) is 15.2 Å². The minimum Gasteiger partial charge on any atom is -0.357 e. The third kappa shape index (κ3) is 0.673. The Morgan fingerprint density at radius 3 is 3.00 bits per heavy atom. The molecule has 0 fully saturated rings. The van der Waals surface area contributed by atoms with Crippen molar-refractivity contribution in [3.8, 4) is 0 Å². The van der Waals surface area contributed by atoms with Crippen LogP contribution in [0.1, 0.15) is 7.12 Å². The normalized spacial score (nSPS) is 10.5. The molecule has 10 heavy (non-hydrogen) atoms. The predicted molar refractivity (Wildman–Crippen MR) is 40.7 cm³/mol.